The largest absolute Gasteiger partial charge is 0.465 e. The molecule has 200 valence electrons. The van der Waals surface area contributed by atoms with Crippen LogP contribution in [0.4, 0.5) is 5.69 Å². The number of unbranched alkanes of at least 4 members (excludes halogenated alkanes) is 2. The monoisotopic (exact) mass is 546 g/mol. The third-order valence-corrected chi connectivity index (χ3v) is 10.0. The van der Waals surface area contributed by atoms with Crippen molar-refractivity contribution >= 4 is 46.8 Å². The lowest BCUT2D eigenvalue weighted by atomic mass is 9.71. The van der Waals surface area contributed by atoms with Crippen molar-refractivity contribution in [1.82, 2.24) is 4.90 Å². The summed E-state index contributed by atoms with van der Waals surface area (Å²) >= 11 is 8.05. The number of carbonyl (C=O) groups excluding carboxylic acids is 3. The van der Waals surface area contributed by atoms with E-state index in [1.807, 2.05) is 6.08 Å². The molecule has 1 spiro atoms. The van der Waals surface area contributed by atoms with Crippen LogP contribution in [0.1, 0.15) is 39.0 Å². The van der Waals surface area contributed by atoms with Crippen LogP contribution in [0.25, 0.3) is 0 Å². The average molecular weight is 547 g/mol. The van der Waals surface area contributed by atoms with Gasteiger partial charge in [0.1, 0.15) is 6.04 Å². The van der Waals surface area contributed by atoms with Crippen LogP contribution in [0.3, 0.4) is 0 Å². The van der Waals surface area contributed by atoms with Crippen molar-refractivity contribution in [2.75, 3.05) is 24.7 Å². The van der Waals surface area contributed by atoms with Crippen molar-refractivity contribution in [3.05, 3.63) is 54.6 Å². The highest BCUT2D eigenvalue weighted by atomic mass is 35.5. The van der Waals surface area contributed by atoms with E-state index in [1.165, 1.54) is 4.90 Å². The lowest BCUT2D eigenvalue weighted by Gasteiger charge is -2.39. The van der Waals surface area contributed by atoms with Gasteiger partial charge in [0.15, 0.2) is 0 Å². The van der Waals surface area contributed by atoms with Gasteiger partial charge in [0.2, 0.25) is 5.91 Å². The first-order valence-electron chi connectivity index (χ1n) is 12.9. The lowest BCUT2D eigenvalue weighted by Crippen LogP contribution is -2.57. The number of hydrogen-bond donors (Lipinski definition) is 1. The molecule has 4 rings (SSSR count). The van der Waals surface area contributed by atoms with Gasteiger partial charge in [0, 0.05) is 11.8 Å². The van der Waals surface area contributed by atoms with Crippen molar-refractivity contribution in [2.45, 2.75) is 61.1 Å². The quantitative estimate of drug-likeness (QED) is 0.240. The SMILES string of the molecule is C=CCCCCOC(=O)[C@@H]1[C@@H]2CCC3(S2)C(C(=O)N(CC=C)c2ccccc2Cl)N([C@H](C)CO)C(=O)[C@H]13. The van der Waals surface area contributed by atoms with E-state index in [0.29, 0.717) is 23.7 Å². The molecule has 37 heavy (non-hydrogen) atoms. The minimum atomic E-state index is -0.844. The summed E-state index contributed by atoms with van der Waals surface area (Å²) in [7, 11) is 0. The van der Waals surface area contributed by atoms with E-state index in [9.17, 15) is 19.5 Å². The summed E-state index contributed by atoms with van der Waals surface area (Å²) in [6, 6.07) is 5.64. The summed E-state index contributed by atoms with van der Waals surface area (Å²) in [5.41, 5.74) is 0.533. The number of amides is 2. The minimum Gasteiger partial charge on any atom is -0.465 e. The Kier molecular flexibility index (Phi) is 8.71. The number of anilines is 1. The van der Waals surface area contributed by atoms with Crippen molar-refractivity contribution in [1.29, 1.82) is 0 Å². The van der Waals surface area contributed by atoms with Gasteiger partial charge in [-0.05, 0) is 51.2 Å². The molecule has 0 saturated carbocycles. The molecule has 3 saturated heterocycles. The number of fused-ring (bicyclic) bond motifs is 1. The van der Waals surface area contributed by atoms with Crippen LogP contribution >= 0.6 is 23.4 Å². The summed E-state index contributed by atoms with van der Waals surface area (Å²) in [6.07, 6.45) is 7.29. The van der Waals surface area contributed by atoms with Crippen molar-refractivity contribution in [2.24, 2.45) is 11.8 Å². The molecule has 1 aromatic carbocycles. The van der Waals surface area contributed by atoms with Gasteiger partial charge >= 0.3 is 5.97 Å². The zero-order chi connectivity index (χ0) is 26.7. The van der Waals surface area contributed by atoms with Gasteiger partial charge in [-0.1, -0.05) is 35.9 Å². The fraction of sp³-hybridized carbons (Fsp3) is 0.536. The van der Waals surface area contributed by atoms with Crippen LogP contribution in [-0.4, -0.2) is 69.6 Å². The van der Waals surface area contributed by atoms with Crippen LogP contribution in [-0.2, 0) is 19.1 Å². The average Bonchev–Trinajstić information content (AvgIpc) is 3.54. The molecule has 0 aliphatic carbocycles. The topological polar surface area (TPSA) is 87.2 Å². The summed E-state index contributed by atoms with van der Waals surface area (Å²) in [5, 5.41) is 10.4. The van der Waals surface area contributed by atoms with E-state index in [4.69, 9.17) is 16.3 Å². The Morgan fingerprint density at radius 1 is 1.32 bits per heavy atom. The first-order chi connectivity index (χ1) is 17.8. The van der Waals surface area contributed by atoms with Crippen LogP contribution in [0.2, 0.25) is 5.02 Å². The number of aliphatic hydroxyl groups excluding tert-OH is 1. The molecule has 2 amide bonds. The smallest absolute Gasteiger partial charge is 0.310 e. The second-order valence-electron chi connectivity index (χ2n) is 9.97. The molecule has 3 fully saturated rings. The number of ether oxygens (including phenoxy) is 1. The number of halogens is 1. The normalized spacial score (nSPS) is 28.6. The number of esters is 1. The molecule has 1 N–H and O–H groups in total. The molecule has 6 atom stereocenters. The number of likely N-dealkylation sites (tertiary alicyclic amines) is 1. The Morgan fingerprint density at radius 3 is 2.76 bits per heavy atom. The zero-order valence-corrected chi connectivity index (χ0v) is 22.8. The molecule has 3 aliphatic heterocycles. The Balaban J connectivity index is 1.68. The summed E-state index contributed by atoms with van der Waals surface area (Å²) in [6.45, 7) is 9.47. The molecular weight excluding hydrogens is 512 g/mol. The van der Waals surface area contributed by atoms with E-state index >= 15 is 0 Å². The summed E-state index contributed by atoms with van der Waals surface area (Å²) < 4.78 is 4.87. The van der Waals surface area contributed by atoms with Crippen molar-refractivity contribution in [3.63, 3.8) is 0 Å². The Morgan fingerprint density at radius 2 is 2.08 bits per heavy atom. The van der Waals surface area contributed by atoms with Gasteiger partial charge in [0.05, 0.1) is 46.5 Å². The predicted molar refractivity (Wildman–Crippen MR) is 147 cm³/mol. The predicted octanol–water partition coefficient (Wildman–Crippen LogP) is 4.23. The highest BCUT2D eigenvalue weighted by Crippen LogP contribution is 2.67. The highest BCUT2D eigenvalue weighted by molar-refractivity contribution is 8.02. The van der Waals surface area contributed by atoms with Crippen LogP contribution in [0, 0.1) is 11.8 Å². The molecule has 2 bridgehead atoms. The van der Waals surface area contributed by atoms with E-state index in [1.54, 1.807) is 53.9 Å². The first kappa shape index (κ1) is 27.7. The summed E-state index contributed by atoms with van der Waals surface area (Å²) in [4.78, 5) is 44.7. The number of para-hydroxylation sites is 1. The number of aliphatic hydroxyl groups is 1. The van der Waals surface area contributed by atoms with Gasteiger partial charge in [-0.3, -0.25) is 14.4 Å². The van der Waals surface area contributed by atoms with Gasteiger partial charge in [-0.2, -0.15) is 0 Å². The maximum atomic E-state index is 14.3. The molecular formula is C28H35ClN2O5S. The number of rotatable bonds is 12. The molecule has 0 aromatic heterocycles. The second kappa shape index (κ2) is 11.6. The third kappa shape index (κ3) is 4.84. The summed E-state index contributed by atoms with van der Waals surface area (Å²) in [5.74, 6) is -2.19. The van der Waals surface area contributed by atoms with E-state index in [-0.39, 0.29) is 36.2 Å². The lowest BCUT2D eigenvalue weighted by molar-refractivity contribution is -0.154. The first-order valence-corrected chi connectivity index (χ1v) is 14.1. The van der Waals surface area contributed by atoms with Crippen molar-refractivity contribution < 1.29 is 24.2 Å². The molecule has 3 heterocycles. The number of thioether (sulfide) groups is 1. The van der Waals surface area contributed by atoms with E-state index in [0.717, 1.165) is 25.7 Å². The molecule has 7 nitrogen and oxygen atoms in total. The Hall–Kier alpha value is -2.29. The number of allylic oxidation sites excluding steroid dienone is 1. The van der Waals surface area contributed by atoms with Gasteiger partial charge in [-0.15, -0.1) is 24.9 Å². The van der Waals surface area contributed by atoms with Crippen LogP contribution < -0.4 is 4.90 Å². The van der Waals surface area contributed by atoms with E-state index < -0.39 is 28.7 Å². The molecule has 2 unspecified atom stereocenters. The van der Waals surface area contributed by atoms with Crippen LogP contribution in [0.15, 0.2) is 49.6 Å². The number of nitrogens with zero attached hydrogens (tertiary/aromatic N) is 2. The fourth-order valence-electron chi connectivity index (χ4n) is 6.11. The van der Waals surface area contributed by atoms with Gasteiger partial charge < -0.3 is 19.6 Å². The zero-order valence-electron chi connectivity index (χ0n) is 21.2. The number of benzene rings is 1. The molecule has 9 heteroatoms. The highest BCUT2D eigenvalue weighted by Gasteiger charge is 2.74. The standard InChI is InChI=1S/C28H35ClN2O5S/c1-4-6-7-10-16-36-27(35)22-21-13-14-28(37-21)23(22)25(33)31(18(3)17-32)24(28)26(34)30(15-5-2)20-12-9-8-11-19(20)29/h4-5,8-9,11-12,18,21-24,32H,1-2,6-7,10,13-17H2,3H3/t18-,21+,22-,23+,24?,28?/m1/s1. The second-order valence-corrected chi connectivity index (χ2v) is 12.0. The van der Waals surface area contributed by atoms with Crippen LogP contribution in [0.5, 0.6) is 0 Å². The third-order valence-electron chi connectivity index (χ3n) is 7.75. The van der Waals surface area contributed by atoms with Crippen molar-refractivity contribution in [3.8, 4) is 0 Å². The number of hydrogen-bond acceptors (Lipinski definition) is 6. The Labute approximate surface area is 227 Å². The number of carbonyl (C=O) groups is 3. The van der Waals surface area contributed by atoms with Gasteiger partial charge in [-0.25, -0.2) is 0 Å². The van der Waals surface area contributed by atoms with E-state index in [2.05, 4.69) is 13.2 Å². The molecule has 0 radical (unpaired) electrons. The maximum absolute atomic E-state index is 14.3. The fourth-order valence-corrected chi connectivity index (χ4v) is 8.54. The maximum Gasteiger partial charge on any atom is 0.310 e. The van der Waals surface area contributed by atoms with Gasteiger partial charge in [0.25, 0.3) is 5.91 Å². The molecule has 1 aromatic rings. The molecule has 3 aliphatic rings. The Bertz CT molecular complexity index is 1070. The minimum absolute atomic E-state index is 0.0790.